The van der Waals surface area contributed by atoms with Gasteiger partial charge in [-0.15, -0.1) is 11.3 Å². The van der Waals surface area contributed by atoms with Crippen molar-refractivity contribution in [3.8, 4) is 6.07 Å². The van der Waals surface area contributed by atoms with E-state index in [1.807, 2.05) is 24.3 Å². The predicted octanol–water partition coefficient (Wildman–Crippen LogP) is 3.94. The van der Waals surface area contributed by atoms with E-state index in [-0.39, 0.29) is 11.9 Å². The number of rotatable bonds is 4. The Morgan fingerprint density at radius 2 is 2.08 bits per heavy atom. The minimum Gasteiger partial charge on any atom is -0.324 e. The highest BCUT2D eigenvalue weighted by Gasteiger charge is 2.30. The normalized spacial score (nSPS) is 17.3. The van der Waals surface area contributed by atoms with Crippen molar-refractivity contribution in [3.05, 3.63) is 59.1 Å². The van der Waals surface area contributed by atoms with Gasteiger partial charge in [0.05, 0.1) is 34.1 Å². The number of nitriles is 1. The number of thiazole rings is 1. The van der Waals surface area contributed by atoms with Gasteiger partial charge < -0.3 is 5.32 Å². The number of carbonyl (C=O) groups excluding carboxylic acids is 1. The average Bonchev–Trinajstić information content (AvgIpc) is 3.28. The summed E-state index contributed by atoms with van der Waals surface area (Å²) in [6.07, 6.45) is 2.07. The number of anilines is 1. The third kappa shape index (κ3) is 3.32. The molecule has 1 unspecified atom stereocenters. The number of hydrogen-bond donors (Lipinski definition) is 1. The van der Waals surface area contributed by atoms with Crippen LogP contribution in [0.5, 0.6) is 0 Å². The minimum absolute atomic E-state index is 0.0966. The summed E-state index contributed by atoms with van der Waals surface area (Å²) in [5, 5.41) is 13.1. The van der Waals surface area contributed by atoms with Gasteiger partial charge in [0.1, 0.15) is 11.1 Å². The number of amides is 1. The number of carbonyl (C=O) groups is 1. The molecule has 1 amide bonds. The molecule has 1 N–H and O–H groups in total. The number of aromatic nitrogens is 1. The fourth-order valence-electron chi connectivity index (χ4n) is 3.39. The average molecular weight is 362 g/mol. The Kier molecular flexibility index (Phi) is 4.65. The summed E-state index contributed by atoms with van der Waals surface area (Å²) in [4.78, 5) is 19.5. The molecule has 2 heterocycles. The largest absolute Gasteiger partial charge is 0.324 e. The molecule has 0 spiro atoms. The highest BCUT2D eigenvalue weighted by Crippen LogP contribution is 2.36. The summed E-state index contributed by atoms with van der Waals surface area (Å²) < 4.78 is 1.18. The second-order valence-electron chi connectivity index (χ2n) is 6.35. The Morgan fingerprint density at radius 1 is 1.27 bits per heavy atom. The van der Waals surface area contributed by atoms with E-state index in [0.717, 1.165) is 29.9 Å². The van der Waals surface area contributed by atoms with Crippen molar-refractivity contribution < 1.29 is 4.79 Å². The van der Waals surface area contributed by atoms with Gasteiger partial charge in [-0.3, -0.25) is 9.69 Å². The van der Waals surface area contributed by atoms with Crippen LogP contribution in [0.15, 0.2) is 48.5 Å². The molecule has 1 aromatic heterocycles. The van der Waals surface area contributed by atoms with E-state index in [9.17, 15) is 4.79 Å². The summed E-state index contributed by atoms with van der Waals surface area (Å²) >= 11 is 1.71. The summed E-state index contributed by atoms with van der Waals surface area (Å²) in [6.45, 7) is 1.19. The quantitative estimate of drug-likeness (QED) is 0.763. The summed E-state index contributed by atoms with van der Waals surface area (Å²) in [5.41, 5.74) is 2.06. The fourth-order valence-corrected chi connectivity index (χ4v) is 4.53. The van der Waals surface area contributed by atoms with Crippen LogP contribution < -0.4 is 5.32 Å². The first-order valence-corrected chi connectivity index (χ1v) is 9.45. The number of para-hydroxylation sites is 2. The standard InChI is InChI=1S/C20H18N4OS/c21-12-14-6-1-2-7-15(14)22-19(25)13-24-11-5-9-17(24)20-23-16-8-3-4-10-18(16)26-20/h1-4,6-8,10,17H,5,9,11,13H2,(H,22,25). The molecule has 5 nitrogen and oxygen atoms in total. The van der Waals surface area contributed by atoms with E-state index >= 15 is 0 Å². The maximum Gasteiger partial charge on any atom is 0.238 e. The number of nitrogens with zero attached hydrogens (tertiary/aromatic N) is 3. The Morgan fingerprint density at radius 3 is 2.92 bits per heavy atom. The Labute approximate surface area is 155 Å². The topological polar surface area (TPSA) is 69.0 Å². The molecule has 0 saturated carbocycles. The van der Waals surface area contributed by atoms with Crippen LogP contribution >= 0.6 is 11.3 Å². The molecular formula is C20H18N4OS. The van der Waals surface area contributed by atoms with Crippen molar-refractivity contribution in [2.45, 2.75) is 18.9 Å². The molecule has 0 aliphatic carbocycles. The first-order valence-electron chi connectivity index (χ1n) is 8.63. The molecule has 0 bridgehead atoms. The lowest BCUT2D eigenvalue weighted by atomic mass is 10.2. The molecule has 1 fully saturated rings. The maximum absolute atomic E-state index is 12.5. The molecular weight excluding hydrogens is 344 g/mol. The van der Waals surface area contributed by atoms with E-state index in [2.05, 4.69) is 22.4 Å². The number of nitrogens with one attached hydrogen (secondary N) is 1. The van der Waals surface area contributed by atoms with E-state index in [1.165, 1.54) is 4.70 Å². The zero-order chi connectivity index (χ0) is 17.9. The lowest BCUT2D eigenvalue weighted by Gasteiger charge is -2.22. The highest BCUT2D eigenvalue weighted by atomic mass is 32.1. The van der Waals surface area contributed by atoms with E-state index in [1.54, 1.807) is 29.5 Å². The Hall–Kier alpha value is -2.75. The Bertz CT molecular complexity index is 958. The van der Waals surface area contributed by atoms with E-state index < -0.39 is 0 Å². The van der Waals surface area contributed by atoms with Crippen LogP contribution in [0.2, 0.25) is 0 Å². The van der Waals surface area contributed by atoms with Crippen molar-refractivity contribution in [1.29, 1.82) is 5.26 Å². The number of fused-ring (bicyclic) bond motifs is 1. The predicted molar refractivity (Wildman–Crippen MR) is 103 cm³/mol. The second-order valence-corrected chi connectivity index (χ2v) is 7.42. The van der Waals surface area contributed by atoms with Gasteiger partial charge in [-0.05, 0) is 43.7 Å². The summed E-state index contributed by atoms with van der Waals surface area (Å²) in [6, 6.07) is 17.5. The lowest BCUT2D eigenvalue weighted by Crippen LogP contribution is -2.33. The van der Waals surface area contributed by atoms with Crippen LogP contribution in [0.3, 0.4) is 0 Å². The molecule has 0 radical (unpaired) electrons. The van der Waals surface area contributed by atoms with Gasteiger partial charge >= 0.3 is 0 Å². The second kappa shape index (κ2) is 7.24. The number of hydrogen-bond acceptors (Lipinski definition) is 5. The number of benzene rings is 2. The smallest absolute Gasteiger partial charge is 0.238 e. The monoisotopic (exact) mass is 362 g/mol. The summed E-state index contributed by atoms with van der Waals surface area (Å²) in [5.74, 6) is -0.0966. The molecule has 3 aromatic rings. The molecule has 4 rings (SSSR count). The van der Waals surface area contributed by atoms with Crippen molar-refractivity contribution in [3.63, 3.8) is 0 Å². The van der Waals surface area contributed by atoms with Gasteiger partial charge in [0.15, 0.2) is 0 Å². The van der Waals surface area contributed by atoms with Crippen molar-refractivity contribution in [2.75, 3.05) is 18.4 Å². The molecule has 1 aliphatic heterocycles. The van der Waals surface area contributed by atoms with Crippen LogP contribution in [0, 0.1) is 11.3 Å². The molecule has 1 aliphatic rings. The molecule has 2 aromatic carbocycles. The maximum atomic E-state index is 12.5. The fraction of sp³-hybridized carbons (Fsp3) is 0.250. The third-order valence-corrected chi connectivity index (χ3v) is 5.77. The van der Waals surface area contributed by atoms with Gasteiger partial charge in [-0.2, -0.15) is 5.26 Å². The van der Waals surface area contributed by atoms with Crippen LogP contribution in [-0.4, -0.2) is 28.9 Å². The van der Waals surface area contributed by atoms with Gasteiger partial charge in [-0.25, -0.2) is 4.98 Å². The first-order chi connectivity index (χ1) is 12.7. The third-order valence-electron chi connectivity index (χ3n) is 4.63. The lowest BCUT2D eigenvalue weighted by molar-refractivity contribution is -0.117. The zero-order valence-corrected chi connectivity index (χ0v) is 15.0. The number of likely N-dealkylation sites (tertiary alicyclic amines) is 1. The van der Waals surface area contributed by atoms with Crippen LogP contribution in [0.25, 0.3) is 10.2 Å². The van der Waals surface area contributed by atoms with Gasteiger partial charge in [-0.1, -0.05) is 24.3 Å². The molecule has 1 saturated heterocycles. The van der Waals surface area contributed by atoms with Crippen molar-refractivity contribution >= 4 is 33.1 Å². The SMILES string of the molecule is N#Cc1ccccc1NC(=O)CN1CCCC1c1nc2ccccc2s1. The molecule has 6 heteroatoms. The zero-order valence-electron chi connectivity index (χ0n) is 14.2. The summed E-state index contributed by atoms with van der Waals surface area (Å²) in [7, 11) is 0. The van der Waals surface area contributed by atoms with Crippen LogP contribution in [0.4, 0.5) is 5.69 Å². The van der Waals surface area contributed by atoms with Crippen molar-refractivity contribution in [1.82, 2.24) is 9.88 Å². The van der Waals surface area contributed by atoms with Gasteiger partial charge in [0.25, 0.3) is 0 Å². The van der Waals surface area contributed by atoms with E-state index in [4.69, 9.17) is 10.2 Å². The van der Waals surface area contributed by atoms with Crippen molar-refractivity contribution in [2.24, 2.45) is 0 Å². The Balaban J connectivity index is 1.48. The van der Waals surface area contributed by atoms with Gasteiger partial charge in [0, 0.05) is 0 Å². The van der Waals surface area contributed by atoms with Gasteiger partial charge in [0.2, 0.25) is 5.91 Å². The first kappa shape index (κ1) is 16.7. The van der Waals surface area contributed by atoms with Crippen LogP contribution in [0.1, 0.15) is 29.5 Å². The van der Waals surface area contributed by atoms with E-state index in [0.29, 0.717) is 17.8 Å². The highest BCUT2D eigenvalue weighted by molar-refractivity contribution is 7.18. The molecule has 26 heavy (non-hydrogen) atoms. The molecule has 130 valence electrons. The molecule has 1 atom stereocenters. The van der Waals surface area contributed by atoms with Crippen LogP contribution in [-0.2, 0) is 4.79 Å². The minimum atomic E-state index is -0.0966.